The summed E-state index contributed by atoms with van der Waals surface area (Å²) in [6.07, 6.45) is 8.39. The molecule has 0 bridgehead atoms. The summed E-state index contributed by atoms with van der Waals surface area (Å²) in [6.45, 7) is 5.37. The molecule has 3 rings (SSSR count). The van der Waals surface area contributed by atoms with Crippen LogP contribution in [0.3, 0.4) is 0 Å². The van der Waals surface area contributed by atoms with Crippen molar-refractivity contribution in [1.82, 2.24) is 4.90 Å². The maximum Gasteiger partial charge on any atom is 0.269 e. The van der Waals surface area contributed by atoms with Gasteiger partial charge >= 0.3 is 0 Å². The van der Waals surface area contributed by atoms with Crippen LogP contribution in [-0.2, 0) is 0 Å². The van der Waals surface area contributed by atoms with Crippen molar-refractivity contribution in [3.8, 4) is 0 Å². The topological polar surface area (TPSA) is 49.6 Å². The summed E-state index contributed by atoms with van der Waals surface area (Å²) in [7, 11) is 0. The Balaban J connectivity index is 1.50. The fraction of sp³-hybridized carbons (Fsp3) is 0.529. The number of anilines is 1. The third-order valence-electron chi connectivity index (χ3n) is 4.69. The van der Waals surface area contributed by atoms with Crippen LogP contribution in [0.5, 0.6) is 0 Å². The molecular weight excluding hydrogens is 278 g/mol. The highest BCUT2D eigenvalue weighted by molar-refractivity contribution is 5.51. The van der Waals surface area contributed by atoms with Crippen molar-refractivity contribution in [2.45, 2.75) is 19.3 Å². The number of hydrogen-bond donors (Lipinski definition) is 0. The Hall–Kier alpha value is -1.88. The molecule has 118 valence electrons. The molecular formula is C17H23N3O2. The van der Waals surface area contributed by atoms with Crippen molar-refractivity contribution >= 4 is 11.4 Å². The number of nitro groups is 1. The smallest absolute Gasteiger partial charge is 0.269 e. The first-order valence-electron chi connectivity index (χ1n) is 8.09. The second kappa shape index (κ2) is 6.92. The molecule has 1 fully saturated rings. The molecule has 22 heavy (non-hydrogen) atoms. The average Bonchev–Trinajstić information content (AvgIpc) is 2.57. The van der Waals surface area contributed by atoms with E-state index >= 15 is 0 Å². The van der Waals surface area contributed by atoms with Gasteiger partial charge in [0.25, 0.3) is 5.69 Å². The van der Waals surface area contributed by atoms with Gasteiger partial charge in [0, 0.05) is 50.5 Å². The van der Waals surface area contributed by atoms with E-state index in [0.29, 0.717) is 0 Å². The Labute approximate surface area is 131 Å². The van der Waals surface area contributed by atoms with Gasteiger partial charge < -0.3 is 4.90 Å². The number of nitro benzene ring substituents is 1. The van der Waals surface area contributed by atoms with Crippen LogP contribution in [0.2, 0.25) is 0 Å². The summed E-state index contributed by atoms with van der Waals surface area (Å²) in [5.41, 5.74) is 1.25. The maximum absolute atomic E-state index is 10.7. The van der Waals surface area contributed by atoms with Gasteiger partial charge in [-0.3, -0.25) is 15.0 Å². The molecule has 1 atom stereocenters. The summed E-state index contributed by atoms with van der Waals surface area (Å²) in [6, 6.07) is 6.91. The molecule has 1 aromatic rings. The van der Waals surface area contributed by atoms with E-state index in [1.165, 1.54) is 25.8 Å². The largest absolute Gasteiger partial charge is 0.369 e. The maximum atomic E-state index is 10.7. The van der Waals surface area contributed by atoms with Crippen LogP contribution in [0.4, 0.5) is 11.4 Å². The molecule has 1 saturated heterocycles. The summed E-state index contributed by atoms with van der Waals surface area (Å²) in [5.74, 6) is 0.816. The van der Waals surface area contributed by atoms with Gasteiger partial charge in [0.05, 0.1) is 4.92 Å². The average molecular weight is 301 g/mol. The zero-order chi connectivity index (χ0) is 15.4. The Kier molecular flexibility index (Phi) is 4.73. The van der Waals surface area contributed by atoms with E-state index in [4.69, 9.17) is 0 Å². The van der Waals surface area contributed by atoms with E-state index in [9.17, 15) is 10.1 Å². The predicted octanol–water partition coefficient (Wildman–Crippen LogP) is 3.07. The molecule has 5 heteroatoms. The minimum Gasteiger partial charge on any atom is -0.369 e. The van der Waals surface area contributed by atoms with Gasteiger partial charge in [0.2, 0.25) is 0 Å². The number of hydrogen-bond acceptors (Lipinski definition) is 4. The molecule has 5 nitrogen and oxygen atoms in total. The Morgan fingerprint density at radius 2 is 1.82 bits per heavy atom. The van der Waals surface area contributed by atoms with Crippen LogP contribution in [-0.4, -0.2) is 42.5 Å². The highest BCUT2D eigenvalue weighted by Gasteiger charge is 2.20. The van der Waals surface area contributed by atoms with Gasteiger partial charge in [0.1, 0.15) is 0 Å². The summed E-state index contributed by atoms with van der Waals surface area (Å²) < 4.78 is 0. The fourth-order valence-corrected chi connectivity index (χ4v) is 3.36. The first kappa shape index (κ1) is 15.0. The van der Waals surface area contributed by atoms with E-state index in [0.717, 1.165) is 37.8 Å². The summed E-state index contributed by atoms with van der Waals surface area (Å²) >= 11 is 0. The SMILES string of the molecule is O=[N+]([O-])c1ccc(N2CCN(C[C@@H]3CC=CCC3)CC2)cc1. The highest BCUT2D eigenvalue weighted by atomic mass is 16.6. The summed E-state index contributed by atoms with van der Waals surface area (Å²) in [5, 5.41) is 10.7. The molecule has 0 amide bonds. The fourth-order valence-electron chi connectivity index (χ4n) is 3.36. The third kappa shape index (κ3) is 3.65. The van der Waals surface area contributed by atoms with Crippen LogP contribution in [0, 0.1) is 16.0 Å². The van der Waals surface area contributed by atoms with Crippen molar-refractivity contribution in [2.24, 2.45) is 5.92 Å². The van der Waals surface area contributed by atoms with Crippen LogP contribution in [0.15, 0.2) is 36.4 Å². The first-order chi connectivity index (χ1) is 10.7. The van der Waals surface area contributed by atoms with Crippen LogP contribution < -0.4 is 4.90 Å². The van der Waals surface area contributed by atoms with Crippen molar-refractivity contribution in [1.29, 1.82) is 0 Å². The molecule has 1 aromatic carbocycles. The lowest BCUT2D eigenvalue weighted by Gasteiger charge is -2.37. The van der Waals surface area contributed by atoms with E-state index in [1.807, 2.05) is 12.1 Å². The zero-order valence-electron chi connectivity index (χ0n) is 12.9. The highest BCUT2D eigenvalue weighted by Crippen LogP contribution is 2.23. The second-order valence-corrected chi connectivity index (χ2v) is 6.21. The predicted molar refractivity (Wildman–Crippen MR) is 88.2 cm³/mol. The van der Waals surface area contributed by atoms with Crippen molar-refractivity contribution in [2.75, 3.05) is 37.6 Å². The minimum absolute atomic E-state index is 0.160. The van der Waals surface area contributed by atoms with E-state index < -0.39 is 0 Å². The Morgan fingerprint density at radius 3 is 2.41 bits per heavy atom. The zero-order valence-corrected chi connectivity index (χ0v) is 12.9. The summed E-state index contributed by atoms with van der Waals surface area (Å²) in [4.78, 5) is 15.2. The molecule has 0 unspecified atom stereocenters. The van der Waals surface area contributed by atoms with Gasteiger partial charge in [-0.15, -0.1) is 0 Å². The van der Waals surface area contributed by atoms with Crippen LogP contribution in [0.25, 0.3) is 0 Å². The molecule has 0 N–H and O–H groups in total. The standard InChI is InChI=1S/C17H23N3O2/c21-20(22)17-8-6-16(7-9-17)19-12-10-18(11-13-19)14-15-4-2-1-3-5-15/h1-2,6-9,15H,3-5,10-14H2/t15-/m1/s1. The number of nitrogens with zero attached hydrogens (tertiary/aromatic N) is 3. The van der Waals surface area contributed by atoms with E-state index in [2.05, 4.69) is 22.0 Å². The van der Waals surface area contributed by atoms with Gasteiger partial charge in [0.15, 0.2) is 0 Å². The van der Waals surface area contributed by atoms with Crippen molar-refractivity contribution in [3.63, 3.8) is 0 Å². The molecule has 2 aliphatic rings. The first-order valence-corrected chi connectivity index (χ1v) is 8.09. The quantitative estimate of drug-likeness (QED) is 0.487. The number of allylic oxidation sites excluding steroid dienone is 2. The van der Waals surface area contributed by atoms with Gasteiger partial charge in [-0.1, -0.05) is 12.2 Å². The number of non-ortho nitro benzene ring substituents is 1. The Bertz CT molecular complexity index is 533. The molecule has 0 saturated carbocycles. The number of piperazine rings is 1. The van der Waals surface area contributed by atoms with Crippen molar-refractivity contribution in [3.05, 3.63) is 46.5 Å². The van der Waals surface area contributed by atoms with Gasteiger partial charge in [-0.25, -0.2) is 0 Å². The normalized spacial score (nSPS) is 22.7. The second-order valence-electron chi connectivity index (χ2n) is 6.21. The minimum atomic E-state index is -0.347. The molecule has 0 aromatic heterocycles. The van der Waals surface area contributed by atoms with E-state index in [-0.39, 0.29) is 10.6 Å². The molecule has 0 spiro atoms. The van der Waals surface area contributed by atoms with E-state index in [1.54, 1.807) is 12.1 Å². The Morgan fingerprint density at radius 1 is 1.09 bits per heavy atom. The molecule has 0 radical (unpaired) electrons. The number of rotatable bonds is 4. The van der Waals surface area contributed by atoms with Crippen LogP contribution >= 0.6 is 0 Å². The lowest BCUT2D eigenvalue weighted by molar-refractivity contribution is -0.384. The lowest BCUT2D eigenvalue weighted by Crippen LogP contribution is -2.47. The lowest BCUT2D eigenvalue weighted by atomic mass is 9.94. The van der Waals surface area contributed by atoms with Crippen LogP contribution in [0.1, 0.15) is 19.3 Å². The van der Waals surface area contributed by atoms with Gasteiger partial charge in [-0.05, 0) is 37.3 Å². The monoisotopic (exact) mass is 301 g/mol. The number of benzene rings is 1. The third-order valence-corrected chi connectivity index (χ3v) is 4.69. The molecule has 1 aliphatic heterocycles. The van der Waals surface area contributed by atoms with Gasteiger partial charge in [-0.2, -0.15) is 0 Å². The van der Waals surface area contributed by atoms with Crippen molar-refractivity contribution < 1.29 is 4.92 Å². The molecule has 1 heterocycles. The molecule has 1 aliphatic carbocycles.